The van der Waals surface area contributed by atoms with Crippen LogP contribution in [0.25, 0.3) is 22.2 Å². The molecule has 1 heterocycles. The molecule has 1 aliphatic rings. The maximum Gasteiger partial charge on any atom is 0.338 e. The molecule has 0 amide bonds. The number of fused-ring (bicyclic) bond motifs is 1. The minimum Gasteiger partial charge on any atom is -0.478 e. The molecule has 4 nitrogen and oxygen atoms in total. The molecule has 4 rings (SSSR count). The normalized spacial score (nSPS) is 15.3. The quantitative estimate of drug-likeness (QED) is 0.451. The molecule has 0 radical (unpaired) electrons. The van der Waals surface area contributed by atoms with E-state index < -0.39 is 5.97 Å². The molecule has 2 aromatic carbocycles. The van der Waals surface area contributed by atoms with Crippen LogP contribution in [0.3, 0.4) is 0 Å². The number of hydrogen-bond acceptors (Lipinski definition) is 3. The van der Waals surface area contributed by atoms with Crippen molar-refractivity contribution in [1.29, 1.82) is 0 Å². The first-order valence-electron chi connectivity index (χ1n) is 9.20. The number of H-pyrrole nitrogens is 1. The summed E-state index contributed by atoms with van der Waals surface area (Å²) in [5.74, 6) is -0.938. The van der Waals surface area contributed by atoms with Gasteiger partial charge in [-0.05, 0) is 43.0 Å². The van der Waals surface area contributed by atoms with Crippen LogP contribution in [0.1, 0.15) is 42.5 Å². The van der Waals surface area contributed by atoms with E-state index in [9.17, 15) is 9.90 Å². The van der Waals surface area contributed by atoms with Gasteiger partial charge in [0.1, 0.15) is 0 Å². The fourth-order valence-electron chi connectivity index (χ4n) is 3.68. The molecule has 1 saturated carbocycles. The van der Waals surface area contributed by atoms with Crippen molar-refractivity contribution in [2.75, 3.05) is 0 Å². The Bertz CT molecular complexity index is 979. The van der Waals surface area contributed by atoms with Gasteiger partial charge in [-0.15, -0.1) is 0 Å². The summed E-state index contributed by atoms with van der Waals surface area (Å²) in [6.45, 7) is 0. The highest BCUT2D eigenvalue weighted by molar-refractivity contribution is 7.97. The van der Waals surface area contributed by atoms with Crippen LogP contribution >= 0.6 is 23.5 Å². The van der Waals surface area contributed by atoms with Crippen LogP contribution in [0.2, 0.25) is 5.02 Å². The Morgan fingerprint density at radius 1 is 1.15 bits per heavy atom. The molecule has 0 spiro atoms. The Labute approximate surface area is 167 Å². The smallest absolute Gasteiger partial charge is 0.338 e. The van der Waals surface area contributed by atoms with Crippen molar-refractivity contribution in [3.63, 3.8) is 0 Å². The Kier molecular flexibility index (Phi) is 5.43. The Morgan fingerprint density at radius 3 is 2.70 bits per heavy atom. The lowest BCUT2D eigenvalue weighted by Crippen LogP contribution is -2.25. The number of carboxylic acid groups (broad SMARTS) is 1. The molecule has 0 atom stereocenters. The van der Waals surface area contributed by atoms with E-state index in [1.165, 1.54) is 32.1 Å². The van der Waals surface area contributed by atoms with Gasteiger partial charge in [0.05, 0.1) is 16.3 Å². The van der Waals surface area contributed by atoms with E-state index in [2.05, 4.69) is 9.71 Å². The second kappa shape index (κ2) is 7.97. The van der Waals surface area contributed by atoms with Gasteiger partial charge in [-0.2, -0.15) is 0 Å². The van der Waals surface area contributed by atoms with Crippen molar-refractivity contribution in [1.82, 2.24) is 9.71 Å². The van der Waals surface area contributed by atoms with E-state index in [1.807, 2.05) is 42.5 Å². The highest BCUT2D eigenvalue weighted by Gasteiger charge is 2.20. The number of aromatic nitrogens is 1. The first-order chi connectivity index (χ1) is 13.1. The monoisotopic (exact) mass is 400 g/mol. The summed E-state index contributed by atoms with van der Waals surface area (Å²) in [4.78, 5) is 16.1. The number of aromatic amines is 1. The number of nitrogens with one attached hydrogen (secondary N) is 2. The van der Waals surface area contributed by atoms with Crippen molar-refractivity contribution in [3.8, 4) is 11.3 Å². The van der Waals surface area contributed by atoms with Gasteiger partial charge in [0.15, 0.2) is 0 Å². The lowest BCUT2D eigenvalue weighted by atomic mass is 9.96. The van der Waals surface area contributed by atoms with E-state index >= 15 is 0 Å². The molecule has 0 saturated heterocycles. The molecule has 0 bridgehead atoms. The van der Waals surface area contributed by atoms with E-state index in [4.69, 9.17) is 11.6 Å². The van der Waals surface area contributed by atoms with Crippen LogP contribution in [0.4, 0.5) is 0 Å². The molecule has 140 valence electrons. The molecular formula is C21H21ClN2O2S. The first kappa shape index (κ1) is 18.4. The maximum atomic E-state index is 11.9. The summed E-state index contributed by atoms with van der Waals surface area (Å²) >= 11 is 7.94. The van der Waals surface area contributed by atoms with Crippen LogP contribution in [0.5, 0.6) is 0 Å². The summed E-state index contributed by atoms with van der Waals surface area (Å²) < 4.78 is 3.53. The van der Waals surface area contributed by atoms with Crippen LogP contribution in [-0.2, 0) is 0 Å². The minimum absolute atomic E-state index is 0.295. The lowest BCUT2D eigenvalue weighted by Gasteiger charge is -2.22. The third kappa shape index (κ3) is 3.86. The molecule has 1 aromatic heterocycles. The first-order valence-corrected chi connectivity index (χ1v) is 10.4. The zero-order valence-electron chi connectivity index (χ0n) is 14.8. The van der Waals surface area contributed by atoms with Gasteiger partial charge < -0.3 is 10.1 Å². The minimum atomic E-state index is -0.938. The molecule has 0 aliphatic heterocycles. The zero-order valence-corrected chi connectivity index (χ0v) is 16.4. The van der Waals surface area contributed by atoms with Gasteiger partial charge in [0.2, 0.25) is 0 Å². The second-order valence-corrected chi connectivity index (χ2v) is 8.21. The topological polar surface area (TPSA) is 65.1 Å². The molecule has 0 unspecified atom stereocenters. The third-order valence-electron chi connectivity index (χ3n) is 5.08. The van der Waals surface area contributed by atoms with Gasteiger partial charge in [0.25, 0.3) is 0 Å². The second-order valence-electron chi connectivity index (χ2n) is 6.93. The van der Waals surface area contributed by atoms with Crippen LogP contribution in [0.15, 0.2) is 47.4 Å². The standard InChI is InChI=1S/C21H21ClN2O2S/c22-16-11-10-13(12-18(16)27-24-14-6-2-1-3-7-14)20-19(21(25)26)15-8-4-5-9-17(15)23-20/h4-5,8-12,14,23-24H,1-3,6-7H2,(H,25,26). The van der Waals surface area contributed by atoms with Crippen LogP contribution in [0, 0.1) is 0 Å². The number of carbonyl (C=O) groups is 1. The van der Waals surface area contributed by atoms with E-state index in [-0.39, 0.29) is 0 Å². The van der Waals surface area contributed by atoms with Gasteiger partial charge in [-0.25, -0.2) is 4.79 Å². The molecular weight excluding hydrogens is 380 g/mol. The van der Waals surface area contributed by atoms with E-state index in [1.54, 1.807) is 11.9 Å². The summed E-state index contributed by atoms with van der Waals surface area (Å²) in [6, 6.07) is 13.6. The van der Waals surface area contributed by atoms with Crippen molar-refractivity contribution in [2.45, 2.75) is 43.0 Å². The Balaban J connectivity index is 1.67. The number of rotatable bonds is 5. The van der Waals surface area contributed by atoms with Gasteiger partial charge in [-0.3, -0.25) is 4.72 Å². The average Bonchev–Trinajstić information content (AvgIpc) is 3.08. The highest BCUT2D eigenvalue weighted by Crippen LogP contribution is 2.35. The van der Waals surface area contributed by atoms with Gasteiger partial charge >= 0.3 is 5.97 Å². The molecule has 1 fully saturated rings. The molecule has 3 aromatic rings. The summed E-state index contributed by atoms with van der Waals surface area (Å²) in [6.07, 6.45) is 6.23. The van der Waals surface area contributed by atoms with Crippen molar-refractivity contribution in [2.24, 2.45) is 0 Å². The zero-order chi connectivity index (χ0) is 18.8. The number of benzene rings is 2. The molecule has 3 N–H and O–H groups in total. The average molecular weight is 401 g/mol. The fourth-order valence-corrected chi connectivity index (χ4v) is 4.80. The van der Waals surface area contributed by atoms with Crippen LogP contribution < -0.4 is 4.72 Å². The number of carboxylic acids is 1. The summed E-state index contributed by atoms with van der Waals surface area (Å²) in [5, 5.41) is 11.1. The maximum absolute atomic E-state index is 11.9. The predicted molar refractivity (Wildman–Crippen MR) is 112 cm³/mol. The number of hydrogen-bond donors (Lipinski definition) is 3. The lowest BCUT2D eigenvalue weighted by molar-refractivity contribution is 0.0700. The van der Waals surface area contributed by atoms with Crippen molar-refractivity contribution in [3.05, 3.63) is 53.1 Å². The van der Waals surface area contributed by atoms with E-state index in [0.717, 1.165) is 16.0 Å². The van der Waals surface area contributed by atoms with Gasteiger partial charge in [0, 0.05) is 27.4 Å². The number of halogens is 1. The molecule has 27 heavy (non-hydrogen) atoms. The van der Waals surface area contributed by atoms with E-state index in [0.29, 0.717) is 27.7 Å². The Hall–Kier alpha value is -1.95. The molecule has 1 aliphatic carbocycles. The summed E-state index contributed by atoms with van der Waals surface area (Å²) in [5.41, 5.74) is 2.54. The molecule has 6 heteroatoms. The Morgan fingerprint density at radius 2 is 1.93 bits per heavy atom. The number of aromatic carboxylic acids is 1. The van der Waals surface area contributed by atoms with Crippen molar-refractivity contribution < 1.29 is 9.90 Å². The highest BCUT2D eigenvalue weighted by atomic mass is 35.5. The summed E-state index contributed by atoms with van der Waals surface area (Å²) in [7, 11) is 0. The SMILES string of the molecule is O=C(O)c1c(-c2ccc(Cl)c(SNC3CCCCC3)c2)[nH]c2ccccc12. The van der Waals surface area contributed by atoms with Crippen LogP contribution in [-0.4, -0.2) is 22.1 Å². The van der Waals surface area contributed by atoms with Gasteiger partial charge in [-0.1, -0.05) is 55.1 Å². The predicted octanol–water partition coefficient (Wildman–Crippen LogP) is 6.12. The number of para-hydroxylation sites is 1. The largest absolute Gasteiger partial charge is 0.478 e. The van der Waals surface area contributed by atoms with Crippen molar-refractivity contribution >= 4 is 40.4 Å². The third-order valence-corrected chi connectivity index (χ3v) is 6.53. The fraction of sp³-hybridized carbons (Fsp3) is 0.286.